The van der Waals surface area contributed by atoms with Crippen molar-refractivity contribution in [1.82, 2.24) is 5.32 Å². The second kappa shape index (κ2) is 5.61. The molecule has 104 valence electrons. The van der Waals surface area contributed by atoms with E-state index in [1.54, 1.807) is 0 Å². The number of amides is 2. The number of anilines is 1. The van der Waals surface area contributed by atoms with Crippen molar-refractivity contribution in [3.05, 3.63) is 29.8 Å². The number of carbonyl (C=O) groups excluding carboxylic acids is 1. The van der Waals surface area contributed by atoms with Gasteiger partial charge in [-0.3, -0.25) is 0 Å². The largest absolute Gasteiger partial charge is 0.335 e. The van der Waals surface area contributed by atoms with E-state index in [0.717, 1.165) is 24.1 Å². The second-order valence-electron chi connectivity index (χ2n) is 6.11. The van der Waals surface area contributed by atoms with Gasteiger partial charge in [0.05, 0.1) is 0 Å². The maximum atomic E-state index is 11.9. The van der Waals surface area contributed by atoms with E-state index >= 15 is 0 Å². The quantitative estimate of drug-likeness (QED) is 0.783. The smallest absolute Gasteiger partial charge is 0.319 e. The van der Waals surface area contributed by atoms with Gasteiger partial charge in [-0.2, -0.15) is 0 Å². The van der Waals surface area contributed by atoms with Gasteiger partial charge in [0.1, 0.15) is 0 Å². The number of nitrogens with one attached hydrogen (secondary N) is 2. The molecule has 1 aliphatic carbocycles. The first-order chi connectivity index (χ1) is 8.98. The highest BCUT2D eigenvalue weighted by Crippen LogP contribution is 2.36. The highest BCUT2D eigenvalue weighted by atomic mass is 16.2. The fraction of sp³-hybridized carbons (Fsp3) is 0.533. The third kappa shape index (κ3) is 3.96. The summed E-state index contributed by atoms with van der Waals surface area (Å²) in [6.07, 6.45) is 3.27. The van der Waals surface area contributed by atoms with E-state index in [9.17, 15) is 4.79 Å². The van der Waals surface area contributed by atoms with E-state index in [1.165, 1.54) is 6.42 Å². The van der Waals surface area contributed by atoms with Crippen LogP contribution >= 0.6 is 0 Å². The summed E-state index contributed by atoms with van der Waals surface area (Å²) in [4.78, 5) is 11.9. The normalized spacial score (nSPS) is 21.1. The van der Waals surface area contributed by atoms with Gasteiger partial charge >= 0.3 is 6.03 Å². The molecule has 1 saturated carbocycles. The number of nitrogens with two attached hydrogens (primary N) is 1. The molecule has 0 spiro atoms. The Morgan fingerprint density at radius 3 is 2.89 bits per heavy atom. The first-order valence-electron chi connectivity index (χ1n) is 6.85. The molecule has 1 atom stereocenters. The maximum Gasteiger partial charge on any atom is 0.319 e. The maximum absolute atomic E-state index is 11.9. The minimum Gasteiger partial charge on any atom is -0.335 e. The van der Waals surface area contributed by atoms with Crippen molar-refractivity contribution in [2.45, 2.75) is 45.7 Å². The molecule has 0 heterocycles. The highest BCUT2D eigenvalue weighted by Gasteiger charge is 2.31. The monoisotopic (exact) mass is 261 g/mol. The Balaban J connectivity index is 1.87. The lowest BCUT2D eigenvalue weighted by Crippen LogP contribution is -2.36. The number of carbonyl (C=O) groups is 1. The molecule has 4 N–H and O–H groups in total. The molecule has 2 rings (SSSR count). The Morgan fingerprint density at radius 1 is 1.47 bits per heavy atom. The summed E-state index contributed by atoms with van der Waals surface area (Å²) in [5, 5.41) is 5.90. The Hall–Kier alpha value is -1.55. The molecule has 1 aromatic carbocycles. The fourth-order valence-corrected chi connectivity index (χ4v) is 2.69. The van der Waals surface area contributed by atoms with E-state index < -0.39 is 0 Å². The molecule has 19 heavy (non-hydrogen) atoms. The van der Waals surface area contributed by atoms with Crippen LogP contribution in [0, 0.1) is 5.41 Å². The molecule has 0 aromatic heterocycles. The van der Waals surface area contributed by atoms with Gasteiger partial charge in [-0.25, -0.2) is 4.79 Å². The zero-order valence-corrected chi connectivity index (χ0v) is 11.7. The molecule has 1 fully saturated rings. The number of rotatable bonds is 3. The van der Waals surface area contributed by atoms with Crippen LogP contribution in [0.5, 0.6) is 0 Å². The van der Waals surface area contributed by atoms with E-state index in [4.69, 9.17) is 5.73 Å². The van der Waals surface area contributed by atoms with Crippen molar-refractivity contribution in [2.75, 3.05) is 5.32 Å². The van der Waals surface area contributed by atoms with Gasteiger partial charge in [-0.1, -0.05) is 26.0 Å². The summed E-state index contributed by atoms with van der Waals surface area (Å²) in [7, 11) is 0. The van der Waals surface area contributed by atoms with Crippen LogP contribution in [0.4, 0.5) is 10.5 Å². The topological polar surface area (TPSA) is 67.2 Å². The van der Waals surface area contributed by atoms with Gasteiger partial charge in [0.15, 0.2) is 0 Å². The average molecular weight is 261 g/mol. The van der Waals surface area contributed by atoms with Gasteiger partial charge in [0.2, 0.25) is 0 Å². The van der Waals surface area contributed by atoms with Gasteiger partial charge in [0, 0.05) is 18.3 Å². The lowest BCUT2D eigenvalue weighted by Gasteiger charge is -2.18. The third-order valence-corrected chi connectivity index (χ3v) is 3.72. The third-order valence-electron chi connectivity index (χ3n) is 3.72. The molecule has 2 amide bonds. The van der Waals surface area contributed by atoms with Crippen molar-refractivity contribution in [1.29, 1.82) is 0 Å². The van der Waals surface area contributed by atoms with Crippen molar-refractivity contribution in [3.63, 3.8) is 0 Å². The number of hydrogen-bond donors (Lipinski definition) is 3. The molecule has 4 heteroatoms. The van der Waals surface area contributed by atoms with Crippen molar-refractivity contribution < 1.29 is 4.79 Å². The standard InChI is InChI=1S/C15H23N3O/c1-15(2)7-6-13(9-15)18-14(19)17-12-5-3-4-11(8-12)10-16/h3-5,8,13H,6-7,9-10,16H2,1-2H3,(H2,17,18,19). The van der Waals surface area contributed by atoms with Gasteiger partial charge in [0.25, 0.3) is 0 Å². The summed E-state index contributed by atoms with van der Waals surface area (Å²) < 4.78 is 0. The zero-order chi connectivity index (χ0) is 13.9. The summed E-state index contributed by atoms with van der Waals surface area (Å²) in [6, 6.07) is 7.78. The van der Waals surface area contributed by atoms with E-state index in [-0.39, 0.29) is 12.1 Å². The lowest BCUT2D eigenvalue weighted by atomic mass is 9.92. The first-order valence-corrected chi connectivity index (χ1v) is 6.85. The predicted molar refractivity (Wildman–Crippen MR) is 77.9 cm³/mol. The average Bonchev–Trinajstić information content (AvgIpc) is 2.68. The minimum atomic E-state index is -0.128. The molecular weight excluding hydrogens is 238 g/mol. The van der Waals surface area contributed by atoms with Gasteiger partial charge < -0.3 is 16.4 Å². The van der Waals surface area contributed by atoms with Crippen molar-refractivity contribution in [3.8, 4) is 0 Å². The molecular formula is C15H23N3O. The summed E-state index contributed by atoms with van der Waals surface area (Å²) >= 11 is 0. The van der Waals surface area contributed by atoms with E-state index in [0.29, 0.717) is 12.0 Å². The predicted octanol–water partition coefficient (Wildman–Crippen LogP) is 2.85. The van der Waals surface area contributed by atoms with Crippen LogP contribution in [0.3, 0.4) is 0 Å². The van der Waals surface area contributed by atoms with Crippen LogP contribution in [0.2, 0.25) is 0 Å². The zero-order valence-electron chi connectivity index (χ0n) is 11.7. The van der Waals surface area contributed by atoms with Crippen molar-refractivity contribution >= 4 is 11.7 Å². The van der Waals surface area contributed by atoms with Crippen LogP contribution < -0.4 is 16.4 Å². The first kappa shape index (κ1) is 13.9. The van der Waals surface area contributed by atoms with Crippen LogP contribution in [0.25, 0.3) is 0 Å². The Bertz CT molecular complexity index is 456. The molecule has 0 bridgehead atoms. The molecule has 1 aromatic rings. The molecule has 0 saturated heterocycles. The number of hydrogen-bond acceptors (Lipinski definition) is 2. The molecule has 0 radical (unpaired) electrons. The molecule has 4 nitrogen and oxygen atoms in total. The molecule has 0 aliphatic heterocycles. The minimum absolute atomic E-state index is 0.128. The molecule has 1 aliphatic rings. The summed E-state index contributed by atoms with van der Waals surface area (Å²) in [6.45, 7) is 4.97. The van der Waals surface area contributed by atoms with Gasteiger partial charge in [-0.15, -0.1) is 0 Å². The van der Waals surface area contributed by atoms with Crippen molar-refractivity contribution in [2.24, 2.45) is 11.1 Å². The van der Waals surface area contributed by atoms with Crippen LogP contribution in [-0.2, 0) is 6.54 Å². The Morgan fingerprint density at radius 2 is 2.26 bits per heavy atom. The lowest BCUT2D eigenvalue weighted by molar-refractivity contribution is 0.247. The SMILES string of the molecule is CC1(C)CCC(NC(=O)Nc2cccc(CN)c2)C1. The highest BCUT2D eigenvalue weighted by molar-refractivity contribution is 5.89. The Kier molecular flexibility index (Phi) is 4.10. The van der Waals surface area contributed by atoms with Gasteiger partial charge in [-0.05, 0) is 42.4 Å². The Labute approximate surface area is 114 Å². The second-order valence-corrected chi connectivity index (χ2v) is 6.11. The molecule has 1 unspecified atom stereocenters. The fourth-order valence-electron chi connectivity index (χ4n) is 2.69. The number of urea groups is 1. The number of benzene rings is 1. The van der Waals surface area contributed by atoms with Crippen LogP contribution in [-0.4, -0.2) is 12.1 Å². The van der Waals surface area contributed by atoms with Crippen LogP contribution in [0.1, 0.15) is 38.7 Å². The van der Waals surface area contributed by atoms with E-state index in [2.05, 4.69) is 24.5 Å². The van der Waals surface area contributed by atoms with E-state index in [1.807, 2.05) is 24.3 Å². The summed E-state index contributed by atoms with van der Waals surface area (Å²) in [5.41, 5.74) is 7.73. The van der Waals surface area contributed by atoms with Crippen LogP contribution in [0.15, 0.2) is 24.3 Å². The summed E-state index contributed by atoms with van der Waals surface area (Å²) in [5.74, 6) is 0.